The molecule has 2 fully saturated rings. The highest BCUT2D eigenvalue weighted by molar-refractivity contribution is 5.96. The molecule has 4 aliphatic rings. The highest BCUT2D eigenvalue weighted by Gasteiger charge is 2.59. The van der Waals surface area contributed by atoms with E-state index in [9.17, 15) is 4.79 Å². The Balaban J connectivity index is 0.000000271. The third-order valence-corrected chi connectivity index (χ3v) is 7.39. The standard InChI is InChI=1S/C19H25NO.C7H14/c1-4-6-14(5-2)8-18(21)15-9-16-7-13(3)20-12-19(16)11-17(19)10-15;1-7-5-3-2-4-6-7/h4,7,10,12,14,16-17H,1,5-6,8-9,11H2,2-3H3;7H,2-6H2,1H3/t14-,16?,17?,19?;/m0./s1. The number of hydrogen-bond donors (Lipinski definition) is 0. The molecule has 0 aromatic carbocycles. The normalized spacial score (nSPS) is 32.0. The SMILES string of the molecule is C=CC[C@H](CC)CC(=O)C1=CC2CC23C=NC(C)=CC3C1.CC1CCCCC1. The fourth-order valence-electron chi connectivity index (χ4n) is 5.25. The zero-order valence-corrected chi connectivity index (χ0v) is 18.3. The summed E-state index contributed by atoms with van der Waals surface area (Å²) in [7, 11) is 0. The lowest BCUT2D eigenvalue weighted by molar-refractivity contribution is -0.116. The molecule has 0 saturated heterocycles. The van der Waals surface area contributed by atoms with Crippen LogP contribution < -0.4 is 0 Å². The van der Waals surface area contributed by atoms with Crippen molar-refractivity contribution in [1.29, 1.82) is 0 Å². The van der Waals surface area contributed by atoms with Gasteiger partial charge in [-0.05, 0) is 55.4 Å². The molecular weight excluding hydrogens is 342 g/mol. The van der Waals surface area contributed by atoms with Crippen molar-refractivity contribution in [3.05, 3.63) is 36.1 Å². The van der Waals surface area contributed by atoms with Gasteiger partial charge in [-0.25, -0.2) is 0 Å². The van der Waals surface area contributed by atoms with Crippen LogP contribution in [0, 0.1) is 29.1 Å². The maximum absolute atomic E-state index is 12.6. The number of nitrogens with zero attached hydrogens (tertiary/aromatic N) is 1. The van der Waals surface area contributed by atoms with Crippen molar-refractivity contribution >= 4 is 12.0 Å². The molecule has 28 heavy (non-hydrogen) atoms. The second-order valence-corrected chi connectivity index (χ2v) is 9.66. The molecule has 4 atom stereocenters. The summed E-state index contributed by atoms with van der Waals surface area (Å²) in [6.07, 6.45) is 20.8. The summed E-state index contributed by atoms with van der Waals surface area (Å²) < 4.78 is 0. The van der Waals surface area contributed by atoms with Crippen LogP contribution in [0.2, 0.25) is 0 Å². The number of Topliss-reactive ketones (excluding diaryl/α,β-unsaturated/α-hetero) is 1. The van der Waals surface area contributed by atoms with Crippen LogP contribution in [0.3, 0.4) is 0 Å². The van der Waals surface area contributed by atoms with E-state index in [0.29, 0.717) is 30.0 Å². The molecule has 0 aromatic rings. The molecule has 0 radical (unpaired) electrons. The molecule has 1 aliphatic heterocycles. The Morgan fingerprint density at radius 1 is 1.29 bits per heavy atom. The summed E-state index contributed by atoms with van der Waals surface area (Å²) in [6.45, 7) is 10.4. The average Bonchev–Trinajstić information content (AvgIpc) is 3.41. The van der Waals surface area contributed by atoms with E-state index in [2.05, 4.69) is 50.7 Å². The third kappa shape index (κ3) is 4.93. The molecule has 0 aromatic heterocycles. The van der Waals surface area contributed by atoms with Gasteiger partial charge in [-0.1, -0.05) is 70.6 Å². The Labute approximate surface area is 172 Å². The van der Waals surface area contributed by atoms with Gasteiger partial charge in [0.15, 0.2) is 5.78 Å². The van der Waals surface area contributed by atoms with Gasteiger partial charge >= 0.3 is 0 Å². The number of hydrogen-bond acceptors (Lipinski definition) is 2. The molecule has 3 unspecified atom stereocenters. The van der Waals surface area contributed by atoms with Gasteiger partial charge in [0.25, 0.3) is 0 Å². The van der Waals surface area contributed by atoms with Crippen LogP contribution in [0.5, 0.6) is 0 Å². The van der Waals surface area contributed by atoms with E-state index in [1.165, 1.54) is 38.5 Å². The van der Waals surface area contributed by atoms with Crippen molar-refractivity contribution in [2.45, 2.75) is 85.0 Å². The summed E-state index contributed by atoms with van der Waals surface area (Å²) in [6, 6.07) is 0. The first kappa shape index (κ1) is 21.3. The lowest BCUT2D eigenvalue weighted by atomic mass is 9.75. The fourth-order valence-corrected chi connectivity index (χ4v) is 5.25. The summed E-state index contributed by atoms with van der Waals surface area (Å²) in [5, 5.41) is 0. The largest absolute Gasteiger partial charge is 0.295 e. The van der Waals surface area contributed by atoms with Crippen LogP contribution in [0.4, 0.5) is 0 Å². The lowest BCUT2D eigenvalue weighted by Crippen LogP contribution is -2.26. The van der Waals surface area contributed by atoms with E-state index >= 15 is 0 Å². The highest BCUT2D eigenvalue weighted by atomic mass is 16.1. The van der Waals surface area contributed by atoms with Crippen LogP contribution >= 0.6 is 0 Å². The van der Waals surface area contributed by atoms with Crippen molar-refractivity contribution < 1.29 is 4.79 Å². The smallest absolute Gasteiger partial charge is 0.158 e. The number of carbonyl (C=O) groups excluding carboxylic acids is 1. The van der Waals surface area contributed by atoms with Gasteiger partial charge in [0, 0.05) is 23.7 Å². The monoisotopic (exact) mass is 381 g/mol. The quantitative estimate of drug-likeness (QED) is 0.452. The van der Waals surface area contributed by atoms with Crippen LogP contribution in [-0.4, -0.2) is 12.0 Å². The van der Waals surface area contributed by atoms with Gasteiger partial charge in [-0.2, -0.15) is 0 Å². The van der Waals surface area contributed by atoms with Gasteiger partial charge in [0.1, 0.15) is 0 Å². The minimum atomic E-state index is 0.258. The molecule has 0 amide bonds. The molecule has 2 saturated carbocycles. The predicted molar refractivity (Wildman–Crippen MR) is 119 cm³/mol. The Kier molecular flexibility index (Phi) is 7.12. The Morgan fingerprint density at radius 2 is 2.04 bits per heavy atom. The molecular formula is C26H39NO. The van der Waals surface area contributed by atoms with Crippen molar-refractivity contribution in [2.75, 3.05) is 0 Å². The van der Waals surface area contributed by atoms with Crippen LogP contribution in [0.1, 0.15) is 85.0 Å². The zero-order chi connectivity index (χ0) is 20.1. The predicted octanol–water partition coefficient (Wildman–Crippen LogP) is 7.08. The van der Waals surface area contributed by atoms with E-state index in [1.54, 1.807) is 0 Å². The second-order valence-electron chi connectivity index (χ2n) is 9.66. The Hall–Kier alpha value is -1.44. The molecule has 1 spiro atoms. The van der Waals surface area contributed by atoms with Gasteiger partial charge in [-0.15, -0.1) is 6.58 Å². The molecule has 2 nitrogen and oxygen atoms in total. The summed E-state index contributed by atoms with van der Waals surface area (Å²) in [5.41, 5.74) is 2.43. The second kappa shape index (κ2) is 9.37. The number of aliphatic imine (C=N–C) groups is 1. The van der Waals surface area contributed by atoms with Gasteiger partial charge in [-0.3, -0.25) is 9.79 Å². The minimum absolute atomic E-state index is 0.258. The molecule has 4 rings (SSSR count). The van der Waals surface area contributed by atoms with Gasteiger partial charge in [0.2, 0.25) is 0 Å². The first-order valence-corrected chi connectivity index (χ1v) is 11.6. The molecule has 3 aliphatic carbocycles. The van der Waals surface area contributed by atoms with Crippen LogP contribution in [0.15, 0.2) is 41.1 Å². The lowest BCUT2D eigenvalue weighted by Gasteiger charge is -2.30. The fraction of sp³-hybridized carbons (Fsp3) is 0.692. The van der Waals surface area contributed by atoms with Crippen LogP contribution in [0.25, 0.3) is 0 Å². The highest BCUT2D eigenvalue weighted by Crippen LogP contribution is 2.63. The number of rotatable bonds is 6. The molecule has 2 heteroatoms. The van der Waals surface area contributed by atoms with E-state index in [0.717, 1.165) is 36.5 Å². The molecule has 0 bridgehead atoms. The maximum Gasteiger partial charge on any atom is 0.158 e. The van der Waals surface area contributed by atoms with Crippen molar-refractivity contribution in [3.8, 4) is 0 Å². The summed E-state index contributed by atoms with van der Waals surface area (Å²) in [5.74, 6) is 2.88. The summed E-state index contributed by atoms with van der Waals surface area (Å²) >= 11 is 0. The van der Waals surface area contributed by atoms with E-state index in [1.807, 2.05) is 6.08 Å². The Bertz CT molecular complexity index is 664. The third-order valence-electron chi connectivity index (χ3n) is 7.39. The summed E-state index contributed by atoms with van der Waals surface area (Å²) in [4.78, 5) is 17.1. The maximum atomic E-state index is 12.6. The van der Waals surface area contributed by atoms with Gasteiger partial charge in [0.05, 0.1) is 0 Å². The van der Waals surface area contributed by atoms with Gasteiger partial charge < -0.3 is 0 Å². The van der Waals surface area contributed by atoms with E-state index in [-0.39, 0.29) is 5.41 Å². The first-order chi connectivity index (χ1) is 13.5. The molecule has 0 N–H and O–H groups in total. The van der Waals surface area contributed by atoms with Crippen LogP contribution in [-0.2, 0) is 4.79 Å². The number of carbonyl (C=O) groups is 1. The number of allylic oxidation sites excluding steroid dienone is 5. The molecule has 154 valence electrons. The molecule has 1 heterocycles. The average molecular weight is 382 g/mol. The minimum Gasteiger partial charge on any atom is -0.295 e. The topological polar surface area (TPSA) is 29.4 Å². The number of ketones is 1. The van der Waals surface area contributed by atoms with Crippen molar-refractivity contribution in [1.82, 2.24) is 0 Å². The van der Waals surface area contributed by atoms with Crippen molar-refractivity contribution in [2.24, 2.45) is 34.1 Å². The van der Waals surface area contributed by atoms with E-state index in [4.69, 9.17) is 0 Å². The van der Waals surface area contributed by atoms with E-state index < -0.39 is 0 Å². The first-order valence-electron chi connectivity index (χ1n) is 11.6. The zero-order valence-electron chi connectivity index (χ0n) is 18.3. The van der Waals surface area contributed by atoms with Crippen molar-refractivity contribution in [3.63, 3.8) is 0 Å². The Morgan fingerprint density at radius 3 is 2.64 bits per heavy atom.